The summed E-state index contributed by atoms with van der Waals surface area (Å²) in [7, 11) is -3.16. The van der Waals surface area contributed by atoms with Gasteiger partial charge in [-0.25, -0.2) is 13.1 Å². The molecule has 2 aliphatic heterocycles. The van der Waals surface area contributed by atoms with Crippen LogP contribution in [0.2, 0.25) is 0 Å². The molecule has 1 atom stereocenters. The van der Waals surface area contributed by atoms with Gasteiger partial charge in [0.15, 0.2) is 0 Å². The second-order valence-corrected chi connectivity index (χ2v) is 9.04. The van der Waals surface area contributed by atoms with E-state index in [1.165, 1.54) is 6.26 Å². The average molecular weight is 366 g/mol. The van der Waals surface area contributed by atoms with Crippen molar-refractivity contribution in [2.45, 2.75) is 31.8 Å². The fourth-order valence-electron chi connectivity index (χ4n) is 3.82. The third-order valence-corrected chi connectivity index (χ3v) is 6.06. The maximum atomic E-state index is 12.5. The molecule has 0 unspecified atom stereocenters. The summed E-state index contributed by atoms with van der Waals surface area (Å²) in [5, 5.41) is 0. The third-order valence-electron chi connectivity index (χ3n) is 5.33. The molecule has 2 heterocycles. The number of benzene rings is 1. The summed E-state index contributed by atoms with van der Waals surface area (Å²) in [5.41, 5.74) is 1.92. The van der Waals surface area contributed by atoms with E-state index in [4.69, 9.17) is 4.74 Å². The second-order valence-electron chi connectivity index (χ2n) is 7.21. The number of aryl methyl sites for hydroxylation is 1. The number of carbonyl (C=O) groups excluding carboxylic acids is 1. The zero-order valence-corrected chi connectivity index (χ0v) is 15.6. The minimum absolute atomic E-state index is 0.128. The fourth-order valence-corrected chi connectivity index (χ4v) is 4.31. The van der Waals surface area contributed by atoms with Gasteiger partial charge in [0.2, 0.25) is 15.9 Å². The lowest BCUT2D eigenvalue weighted by Crippen LogP contribution is -2.66. The van der Waals surface area contributed by atoms with Crippen LogP contribution >= 0.6 is 0 Å². The molecule has 1 aromatic carbocycles. The number of nitrogens with zero attached hydrogens (tertiary/aromatic N) is 1. The smallest absolute Gasteiger partial charge is 0.227 e. The van der Waals surface area contributed by atoms with Crippen LogP contribution in [0.3, 0.4) is 0 Å². The maximum Gasteiger partial charge on any atom is 0.227 e. The first-order valence-electron chi connectivity index (χ1n) is 8.70. The Morgan fingerprint density at radius 3 is 2.76 bits per heavy atom. The number of sulfonamides is 1. The number of ether oxygens (including phenoxy) is 1. The van der Waals surface area contributed by atoms with Gasteiger partial charge in [0.1, 0.15) is 5.60 Å². The normalized spacial score (nSPS) is 22.2. The van der Waals surface area contributed by atoms with Crippen LogP contribution in [0.25, 0.3) is 0 Å². The van der Waals surface area contributed by atoms with Gasteiger partial charge >= 0.3 is 0 Å². The van der Waals surface area contributed by atoms with Crippen LogP contribution in [-0.2, 0) is 26.0 Å². The number of hydrogen-bond donors (Lipinski definition) is 1. The molecule has 7 heteroatoms. The van der Waals surface area contributed by atoms with Crippen LogP contribution in [0.15, 0.2) is 24.3 Å². The monoisotopic (exact) mass is 366 g/mol. The zero-order chi connectivity index (χ0) is 18.1. The Labute approximate surface area is 149 Å². The Morgan fingerprint density at radius 2 is 2.08 bits per heavy atom. The predicted octanol–water partition coefficient (Wildman–Crippen LogP) is 1.09. The highest BCUT2D eigenvalue weighted by atomic mass is 32.2. The predicted molar refractivity (Wildman–Crippen MR) is 95.7 cm³/mol. The molecule has 0 saturated carbocycles. The van der Waals surface area contributed by atoms with Crippen molar-refractivity contribution in [3.63, 3.8) is 0 Å². The molecule has 1 aromatic rings. The Bertz CT molecular complexity index is 741. The molecule has 0 bridgehead atoms. The largest absolute Gasteiger partial charge is 0.371 e. The van der Waals surface area contributed by atoms with Gasteiger partial charge in [-0.05, 0) is 36.8 Å². The van der Waals surface area contributed by atoms with Crippen molar-refractivity contribution in [2.75, 3.05) is 32.5 Å². The number of likely N-dealkylation sites (tertiary alicyclic amines) is 1. The summed E-state index contributed by atoms with van der Waals surface area (Å²) in [6, 6.07) is 7.95. The van der Waals surface area contributed by atoms with Crippen molar-refractivity contribution in [1.82, 2.24) is 9.62 Å². The summed E-state index contributed by atoms with van der Waals surface area (Å²) in [5.74, 6) is 0.424. The number of carbonyl (C=O) groups is 1. The van der Waals surface area contributed by atoms with E-state index in [0.29, 0.717) is 38.6 Å². The van der Waals surface area contributed by atoms with E-state index in [0.717, 1.165) is 24.0 Å². The second kappa shape index (κ2) is 7.05. The van der Waals surface area contributed by atoms with Gasteiger partial charge in [0, 0.05) is 13.2 Å². The van der Waals surface area contributed by atoms with E-state index in [-0.39, 0.29) is 11.5 Å². The summed E-state index contributed by atoms with van der Waals surface area (Å²) in [6.07, 6.45) is 3.25. The van der Waals surface area contributed by atoms with Crippen molar-refractivity contribution in [1.29, 1.82) is 0 Å². The lowest BCUT2D eigenvalue weighted by Gasteiger charge is -2.50. The number of amides is 1. The van der Waals surface area contributed by atoms with Crippen molar-refractivity contribution >= 4 is 15.9 Å². The van der Waals surface area contributed by atoms with E-state index in [2.05, 4.69) is 4.72 Å². The van der Waals surface area contributed by atoms with Crippen LogP contribution in [0, 0.1) is 12.8 Å². The van der Waals surface area contributed by atoms with E-state index < -0.39 is 10.0 Å². The van der Waals surface area contributed by atoms with E-state index in [1.54, 1.807) is 0 Å². The molecule has 2 saturated heterocycles. The summed E-state index contributed by atoms with van der Waals surface area (Å²) >= 11 is 0. The van der Waals surface area contributed by atoms with Gasteiger partial charge in [0.05, 0.1) is 25.8 Å². The number of nitrogens with one attached hydrogen (secondary N) is 1. The summed E-state index contributed by atoms with van der Waals surface area (Å²) < 4.78 is 30.9. The van der Waals surface area contributed by atoms with E-state index >= 15 is 0 Å². The third kappa shape index (κ3) is 4.22. The molecule has 138 valence electrons. The molecule has 6 nitrogen and oxygen atoms in total. The average Bonchev–Trinajstić information content (AvgIpc) is 2.90. The lowest BCUT2D eigenvalue weighted by atomic mass is 9.78. The minimum atomic E-state index is -3.16. The Balaban J connectivity index is 1.53. The Kier molecular flexibility index (Phi) is 5.18. The molecule has 2 aliphatic rings. The molecule has 1 spiro atoms. The molecule has 0 radical (unpaired) electrons. The van der Waals surface area contributed by atoms with Gasteiger partial charge in [0.25, 0.3) is 0 Å². The molecule has 3 rings (SSSR count). The van der Waals surface area contributed by atoms with Crippen LogP contribution in [0.4, 0.5) is 0 Å². The van der Waals surface area contributed by atoms with Crippen molar-refractivity contribution in [3.05, 3.63) is 35.4 Å². The molecule has 1 N–H and O–H groups in total. The SMILES string of the molecule is Cc1ccccc1CC(=O)N1CC2(C1)OCC[C@@H]2CCNS(C)(=O)=O. The van der Waals surface area contributed by atoms with Gasteiger partial charge in [-0.1, -0.05) is 24.3 Å². The van der Waals surface area contributed by atoms with Crippen LogP contribution < -0.4 is 4.72 Å². The van der Waals surface area contributed by atoms with Gasteiger partial charge in [-0.2, -0.15) is 0 Å². The molecule has 25 heavy (non-hydrogen) atoms. The quantitative estimate of drug-likeness (QED) is 0.818. The highest BCUT2D eigenvalue weighted by Gasteiger charge is 2.53. The van der Waals surface area contributed by atoms with Crippen molar-refractivity contribution in [3.8, 4) is 0 Å². The summed E-state index contributed by atoms with van der Waals surface area (Å²) in [4.78, 5) is 14.4. The highest BCUT2D eigenvalue weighted by Crippen LogP contribution is 2.41. The molecule has 0 aliphatic carbocycles. The molecule has 1 amide bonds. The fraction of sp³-hybridized carbons (Fsp3) is 0.611. The maximum absolute atomic E-state index is 12.5. The number of rotatable bonds is 6. The molecular formula is C18H26N2O4S. The Hall–Kier alpha value is -1.44. The highest BCUT2D eigenvalue weighted by molar-refractivity contribution is 7.88. The Morgan fingerprint density at radius 1 is 1.36 bits per heavy atom. The molecule has 0 aromatic heterocycles. The first kappa shape index (κ1) is 18.4. The van der Waals surface area contributed by atoms with Crippen molar-refractivity contribution < 1.29 is 17.9 Å². The zero-order valence-electron chi connectivity index (χ0n) is 14.8. The topological polar surface area (TPSA) is 75.7 Å². The van der Waals surface area contributed by atoms with Crippen molar-refractivity contribution in [2.24, 2.45) is 5.92 Å². The molecule has 2 fully saturated rings. The standard InChI is InChI=1S/C18H26N2O4S/c1-14-5-3-4-6-15(14)11-17(21)20-12-18(13-20)16(8-10-24-18)7-9-19-25(2,22)23/h3-6,16,19H,7-13H2,1-2H3/t16-/m0/s1. The minimum Gasteiger partial charge on any atom is -0.371 e. The number of hydrogen-bond acceptors (Lipinski definition) is 4. The first-order valence-corrected chi connectivity index (χ1v) is 10.6. The van der Waals surface area contributed by atoms with Crippen LogP contribution in [-0.4, -0.2) is 57.3 Å². The van der Waals surface area contributed by atoms with Gasteiger partial charge in [-0.15, -0.1) is 0 Å². The van der Waals surface area contributed by atoms with E-state index in [1.807, 2.05) is 36.1 Å². The lowest BCUT2D eigenvalue weighted by molar-refractivity contribution is -0.164. The van der Waals surface area contributed by atoms with Gasteiger partial charge in [-0.3, -0.25) is 4.79 Å². The van der Waals surface area contributed by atoms with Gasteiger partial charge < -0.3 is 9.64 Å². The first-order chi connectivity index (χ1) is 11.8. The summed E-state index contributed by atoms with van der Waals surface area (Å²) in [6.45, 7) is 4.35. The molecular weight excluding hydrogens is 340 g/mol. The van der Waals surface area contributed by atoms with Crippen LogP contribution in [0.1, 0.15) is 24.0 Å². The van der Waals surface area contributed by atoms with Crippen LogP contribution in [0.5, 0.6) is 0 Å². The van der Waals surface area contributed by atoms with E-state index in [9.17, 15) is 13.2 Å².